The highest BCUT2D eigenvalue weighted by Crippen LogP contribution is 2.58. The van der Waals surface area contributed by atoms with Crippen LogP contribution in [0.25, 0.3) is 0 Å². The van der Waals surface area contributed by atoms with Crippen LogP contribution in [0.5, 0.6) is 0 Å². The molecule has 1 saturated heterocycles. The highest BCUT2D eigenvalue weighted by molar-refractivity contribution is 7.88. The van der Waals surface area contributed by atoms with Crippen LogP contribution in [0, 0.1) is 17.3 Å². The van der Waals surface area contributed by atoms with Crippen LogP contribution in [0.3, 0.4) is 0 Å². The zero-order valence-electron chi connectivity index (χ0n) is 13.6. The van der Waals surface area contributed by atoms with Crippen LogP contribution in [0.2, 0.25) is 0 Å². The van der Waals surface area contributed by atoms with Gasteiger partial charge < -0.3 is 5.32 Å². The first-order valence-electron chi connectivity index (χ1n) is 8.52. The maximum atomic E-state index is 11.9. The average molecular weight is 314 g/mol. The Balaban J connectivity index is 1.61. The van der Waals surface area contributed by atoms with Gasteiger partial charge in [-0.15, -0.1) is 0 Å². The van der Waals surface area contributed by atoms with Gasteiger partial charge in [-0.3, -0.25) is 0 Å². The number of rotatable bonds is 4. The predicted octanol–water partition coefficient (Wildman–Crippen LogP) is 2.21. The van der Waals surface area contributed by atoms with Gasteiger partial charge in [-0.05, 0) is 42.9 Å². The monoisotopic (exact) mass is 314 g/mol. The van der Waals surface area contributed by atoms with Crippen molar-refractivity contribution in [3.63, 3.8) is 0 Å². The minimum atomic E-state index is -3.06. The summed E-state index contributed by atoms with van der Waals surface area (Å²) in [5, 5.41) is 3.75. The Hall–Kier alpha value is -0.130. The Morgan fingerprint density at radius 3 is 2.62 bits per heavy atom. The number of piperidine rings is 1. The molecule has 5 heteroatoms. The lowest BCUT2D eigenvalue weighted by atomic mass is 9.53. The van der Waals surface area contributed by atoms with E-state index in [0.717, 1.165) is 37.6 Å². The number of nitrogens with zero attached hydrogens (tertiary/aromatic N) is 1. The van der Waals surface area contributed by atoms with Crippen molar-refractivity contribution in [1.29, 1.82) is 0 Å². The summed E-state index contributed by atoms with van der Waals surface area (Å²) in [6, 6.07) is 0.735. The first-order valence-corrected chi connectivity index (χ1v) is 10.4. The molecule has 2 unspecified atom stereocenters. The van der Waals surface area contributed by atoms with Crippen LogP contribution in [0.15, 0.2) is 0 Å². The van der Waals surface area contributed by atoms with Gasteiger partial charge in [-0.25, -0.2) is 8.42 Å². The molecule has 0 amide bonds. The van der Waals surface area contributed by atoms with Crippen LogP contribution >= 0.6 is 0 Å². The molecule has 3 fully saturated rings. The van der Waals surface area contributed by atoms with Crippen molar-refractivity contribution < 1.29 is 8.42 Å². The Morgan fingerprint density at radius 1 is 1.14 bits per heavy atom. The van der Waals surface area contributed by atoms with E-state index in [2.05, 4.69) is 19.2 Å². The van der Waals surface area contributed by atoms with E-state index in [1.54, 1.807) is 4.31 Å². The first kappa shape index (κ1) is 15.8. The molecule has 21 heavy (non-hydrogen) atoms. The molecule has 1 heterocycles. The maximum absolute atomic E-state index is 11.9. The lowest BCUT2D eigenvalue weighted by Crippen LogP contribution is -2.64. The second kappa shape index (κ2) is 5.50. The topological polar surface area (TPSA) is 49.4 Å². The molecule has 0 aromatic heterocycles. The fourth-order valence-corrected chi connectivity index (χ4v) is 6.45. The summed E-state index contributed by atoms with van der Waals surface area (Å²) in [6.45, 7) is 6.29. The predicted molar refractivity (Wildman–Crippen MR) is 85.6 cm³/mol. The van der Waals surface area contributed by atoms with Gasteiger partial charge in [0.25, 0.3) is 0 Å². The van der Waals surface area contributed by atoms with Crippen molar-refractivity contribution in [2.45, 2.75) is 64.5 Å². The van der Waals surface area contributed by atoms with E-state index in [4.69, 9.17) is 0 Å². The van der Waals surface area contributed by atoms with Gasteiger partial charge >= 0.3 is 0 Å². The van der Waals surface area contributed by atoms with Crippen LogP contribution in [-0.2, 0) is 10.0 Å². The molecule has 1 aliphatic heterocycles. The van der Waals surface area contributed by atoms with Crippen molar-refractivity contribution in [2.24, 2.45) is 17.3 Å². The van der Waals surface area contributed by atoms with Crippen molar-refractivity contribution in [3.8, 4) is 0 Å². The number of hydrogen-bond donors (Lipinski definition) is 1. The normalized spacial score (nSPS) is 39.8. The van der Waals surface area contributed by atoms with Crippen LogP contribution in [-0.4, -0.2) is 44.2 Å². The zero-order chi connectivity index (χ0) is 15.3. The van der Waals surface area contributed by atoms with Gasteiger partial charge in [0, 0.05) is 25.2 Å². The summed E-state index contributed by atoms with van der Waals surface area (Å²) in [5.41, 5.74) is 0.381. The molecule has 3 rings (SSSR count). The number of fused-ring (bicyclic) bond motifs is 1. The van der Waals surface area contributed by atoms with Gasteiger partial charge in [-0.1, -0.05) is 26.7 Å². The Kier molecular flexibility index (Phi) is 4.13. The van der Waals surface area contributed by atoms with Gasteiger partial charge in [0.15, 0.2) is 0 Å². The van der Waals surface area contributed by atoms with Gasteiger partial charge in [-0.2, -0.15) is 4.31 Å². The lowest BCUT2D eigenvalue weighted by Gasteiger charge is -2.57. The molecule has 0 aromatic rings. The summed E-state index contributed by atoms with van der Waals surface area (Å²) in [6.07, 6.45) is 8.62. The molecule has 0 bridgehead atoms. The van der Waals surface area contributed by atoms with Gasteiger partial charge in [0.05, 0.1) is 6.26 Å². The number of sulfonamides is 1. The summed E-state index contributed by atoms with van der Waals surface area (Å²) in [5.74, 6) is 1.71. The fourth-order valence-electron chi connectivity index (χ4n) is 5.27. The second-order valence-electron chi connectivity index (χ2n) is 7.93. The van der Waals surface area contributed by atoms with E-state index in [-0.39, 0.29) is 6.04 Å². The summed E-state index contributed by atoms with van der Waals surface area (Å²) in [7, 11) is -3.06. The van der Waals surface area contributed by atoms with E-state index in [1.165, 1.54) is 25.5 Å². The zero-order valence-corrected chi connectivity index (χ0v) is 14.5. The Labute approximate surface area is 129 Å². The minimum Gasteiger partial charge on any atom is -0.312 e. The quantitative estimate of drug-likeness (QED) is 0.865. The summed E-state index contributed by atoms with van der Waals surface area (Å²) < 4.78 is 25.6. The molecule has 2 aliphatic carbocycles. The molecule has 3 aliphatic rings. The SMILES string of the molecule is CC1(C)C(NCC2CCCCN2S(C)(=O)=O)[C@@H]2CCC[C@@H]21. The van der Waals surface area contributed by atoms with E-state index in [0.29, 0.717) is 18.0 Å². The molecular weight excluding hydrogens is 284 g/mol. The highest BCUT2D eigenvalue weighted by atomic mass is 32.2. The van der Waals surface area contributed by atoms with Crippen molar-refractivity contribution in [2.75, 3.05) is 19.3 Å². The second-order valence-corrected chi connectivity index (χ2v) is 9.87. The molecule has 4 nitrogen and oxygen atoms in total. The molecule has 1 N–H and O–H groups in total. The van der Waals surface area contributed by atoms with Crippen molar-refractivity contribution in [1.82, 2.24) is 9.62 Å². The standard InChI is InChI=1S/C16H30N2O2S/c1-16(2)14-9-6-8-13(14)15(16)17-11-12-7-4-5-10-18(12)21(3,19)20/h12-15,17H,4-11H2,1-3H3/t12?,13-,14+,15?/m1/s1. The molecule has 4 atom stereocenters. The third kappa shape index (κ3) is 2.77. The van der Waals surface area contributed by atoms with Gasteiger partial charge in [0.2, 0.25) is 10.0 Å². The van der Waals surface area contributed by atoms with Crippen LogP contribution in [0.4, 0.5) is 0 Å². The van der Waals surface area contributed by atoms with Gasteiger partial charge in [0.1, 0.15) is 0 Å². The van der Waals surface area contributed by atoms with E-state index in [1.807, 2.05) is 0 Å². The maximum Gasteiger partial charge on any atom is 0.211 e. The van der Waals surface area contributed by atoms with Crippen LogP contribution < -0.4 is 5.32 Å². The third-order valence-electron chi connectivity index (χ3n) is 6.33. The van der Waals surface area contributed by atoms with E-state index < -0.39 is 10.0 Å². The summed E-state index contributed by atoms with van der Waals surface area (Å²) >= 11 is 0. The fraction of sp³-hybridized carbons (Fsp3) is 1.00. The molecule has 122 valence electrons. The van der Waals surface area contributed by atoms with E-state index >= 15 is 0 Å². The smallest absolute Gasteiger partial charge is 0.211 e. The largest absolute Gasteiger partial charge is 0.312 e. The third-order valence-corrected chi connectivity index (χ3v) is 7.66. The molecule has 2 saturated carbocycles. The number of nitrogens with one attached hydrogen (secondary N) is 1. The molecular formula is C16H30N2O2S. The van der Waals surface area contributed by atoms with E-state index in [9.17, 15) is 8.42 Å². The Morgan fingerprint density at radius 2 is 1.90 bits per heavy atom. The molecule has 0 radical (unpaired) electrons. The summed E-state index contributed by atoms with van der Waals surface area (Å²) in [4.78, 5) is 0. The number of hydrogen-bond acceptors (Lipinski definition) is 3. The molecule has 0 aromatic carbocycles. The lowest BCUT2D eigenvalue weighted by molar-refractivity contribution is -0.0427. The Bertz CT molecular complexity index is 489. The average Bonchev–Trinajstić information content (AvgIpc) is 2.85. The van der Waals surface area contributed by atoms with Crippen molar-refractivity contribution >= 4 is 10.0 Å². The first-order chi connectivity index (χ1) is 9.82. The molecule has 0 spiro atoms. The minimum absolute atomic E-state index is 0.157. The van der Waals surface area contributed by atoms with Crippen molar-refractivity contribution in [3.05, 3.63) is 0 Å². The highest BCUT2D eigenvalue weighted by Gasteiger charge is 2.57. The van der Waals surface area contributed by atoms with Crippen LogP contribution in [0.1, 0.15) is 52.4 Å².